The molecule has 0 atom stereocenters. The van der Waals surface area contributed by atoms with E-state index in [9.17, 15) is 8.42 Å². The van der Waals surface area contributed by atoms with Crippen LogP contribution in [0, 0.1) is 5.92 Å². The van der Waals surface area contributed by atoms with Crippen molar-refractivity contribution in [3.05, 3.63) is 0 Å². The minimum absolute atomic E-state index is 0.458. The summed E-state index contributed by atoms with van der Waals surface area (Å²) in [4.78, 5) is 0. The third-order valence-corrected chi connectivity index (χ3v) is 3.39. The van der Waals surface area contributed by atoms with Crippen LogP contribution in [0.15, 0.2) is 0 Å². The second kappa shape index (κ2) is 3.69. The number of nitrogens with one attached hydrogen (secondary N) is 2. The molecule has 1 aliphatic rings. The molecule has 1 saturated heterocycles. The molecule has 0 aromatic rings. The van der Waals surface area contributed by atoms with E-state index in [0.717, 1.165) is 13.1 Å². The van der Waals surface area contributed by atoms with Crippen LogP contribution in [0.1, 0.15) is 0 Å². The monoisotopic (exact) mass is 193 g/mol. The molecule has 1 rings (SSSR count). The summed E-state index contributed by atoms with van der Waals surface area (Å²) >= 11 is 0. The van der Waals surface area contributed by atoms with Crippen molar-refractivity contribution in [3.8, 4) is 0 Å². The average molecular weight is 193 g/mol. The molecule has 0 spiro atoms. The SMILES string of the molecule is CN(C)S(=O)(=O)NCC1CNC1. The molecule has 0 aromatic carbocycles. The van der Waals surface area contributed by atoms with E-state index >= 15 is 0 Å². The highest BCUT2D eigenvalue weighted by Crippen LogP contribution is 2.01. The Hall–Kier alpha value is -0.170. The lowest BCUT2D eigenvalue weighted by Crippen LogP contribution is -2.49. The standard InChI is InChI=1S/C6H15N3O2S/c1-9(2)12(10,11)8-5-6-3-7-4-6/h6-8H,3-5H2,1-2H3. The molecule has 1 fully saturated rings. The number of nitrogens with zero attached hydrogens (tertiary/aromatic N) is 1. The third-order valence-electron chi connectivity index (χ3n) is 1.90. The van der Waals surface area contributed by atoms with Crippen LogP contribution in [-0.4, -0.2) is 46.5 Å². The fourth-order valence-electron chi connectivity index (χ4n) is 0.845. The summed E-state index contributed by atoms with van der Waals surface area (Å²) in [6.07, 6.45) is 0. The van der Waals surface area contributed by atoms with Crippen molar-refractivity contribution in [3.63, 3.8) is 0 Å². The summed E-state index contributed by atoms with van der Waals surface area (Å²) in [5.41, 5.74) is 0. The molecule has 0 aliphatic carbocycles. The Balaban J connectivity index is 2.29. The minimum Gasteiger partial charge on any atom is -0.316 e. The normalized spacial score (nSPS) is 19.6. The lowest BCUT2D eigenvalue weighted by Gasteiger charge is -2.27. The first-order chi connectivity index (χ1) is 5.52. The molecule has 12 heavy (non-hydrogen) atoms. The fourth-order valence-corrected chi connectivity index (χ4v) is 1.55. The van der Waals surface area contributed by atoms with Crippen LogP contribution in [0.25, 0.3) is 0 Å². The minimum atomic E-state index is -3.21. The van der Waals surface area contributed by atoms with E-state index in [2.05, 4.69) is 10.0 Å². The Labute approximate surface area is 73.3 Å². The van der Waals surface area contributed by atoms with Crippen LogP contribution in [0.4, 0.5) is 0 Å². The van der Waals surface area contributed by atoms with Crippen LogP contribution in [-0.2, 0) is 10.2 Å². The van der Waals surface area contributed by atoms with E-state index in [1.807, 2.05) is 0 Å². The van der Waals surface area contributed by atoms with Gasteiger partial charge in [0.05, 0.1) is 0 Å². The first-order valence-electron chi connectivity index (χ1n) is 3.90. The highest BCUT2D eigenvalue weighted by molar-refractivity contribution is 7.87. The molecule has 1 heterocycles. The zero-order valence-electron chi connectivity index (χ0n) is 7.37. The van der Waals surface area contributed by atoms with Gasteiger partial charge in [-0.05, 0) is 5.92 Å². The average Bonchev–Trinajstić information content (AvgIpc) is 1.83. The van der Waals surface area contributed by atoms with E-state index < -0.39 is 10.2 Å². The van der Waals surface area contributed by atoms with Crippen molar-refractivity contribution >= 4 is 10.2 Å². The van der Waals surface area contributed by atoms with E-state index in [4.69, 9.17) is 0 Å². The molecule has 0 aromatic heterocycles. The second-order valence-corrected chi connectivity index (χ2v) is 5.13. The topological polar surface area (TPSA) is 61.4 Å². The van der Waals surface area contributed by atoms with Gasteiger partial charge in [-0.3, -0.25) is 0 Å². The first-order valence-corrected chi connectivity index (χ1v) is 5.34. The van der Waals surface area contributed by atoms with Gasteiger partial charge in [0.2, 0.25) is 0 Å². The first kappa shape index (κ1) is 9.91. The van der Waals surface area contributed by atoms with Crippen LogP contribution in [0.5, 0.6) is 0 Å². The number of hydrogen-bond acceptors (Lipinski definition) is 3. The summed E-state index contributed by atoms with van der Waals surface area (Å²) in [6.45, 7) is 2.36. The Kier molecular flexibility index (Phi) is 3.05. The molecule has 0 unspecified atom stereocenters. The molecular weight excluding hydrogens is 178 g/mol. The maximum atomic E-state index is 11.2. The zero-order chi connectivity index (χ0) is 9.19. The highest BCUT2D eigenvalue weighted by atomic mass is 32.2. The van der Waals surface area contributed by atoms with Crippen LogP contribution < -0.4 is 10.0 Å². The summed E-state index contributed by atoms with van der Waals surface area (Å²) in [5, 5.41) is 3.08. The Bertz CT molecular complexity index is 233. The van der Waals surface area contributed by atoms with Gasteiger partial charge in [-0.15, -0.1) is 0 Å². The maximum Gasteiger partial charge on any atom is 0.278 e. The Morgan fingerprint density at radius 1 is 1.50 bits per heavy atom. The van der Waals surface area contributed by atoms with Gasteiger partial charge in [-0.2, -0.15) is 12.7 Å². The van der Waals surface area contributed by atoms with Gasteiger partial charge >= 0.3 is 0 Å². The van der Waals surface area contributed by atoms with Gasteiger partial charge in [0.1, 0.15) is 0 Å². The smallest absolute Gasteiger partial charge is 0.278 e. The molecule has 0 bridgehead atoms. The second-order valence-electron chi connectivity index (χ2n) is 3.16. The fraction of sp³-hybridized carbons (Fsp3) is 1.00. The van der Waals surface area contributed by atoms with E-state index in [1.165, 1.54) is 18.4 Å². The summed E-state index contributed by atoms with van der Waals surface area (Å²) in [7, 11) is -0.183. The molecule has 72 valence electrons. The van der Waals surface area contributed by atoms with Gasteiger partial charge in [0.25, 0.3) is 10.2 Å². The van der Waals surface area contributed by atoms with Crippen molar-refractivity contribution in [1.82, 2.24) is 14.3 Å². The predicted octanol–water partition coefficient (Wildman–Crippen LogP) is -1.40. The lowest BCUT2D eigenvalue weighted by molar-refractivity contribution is 0.344. The highest BCUT2D eigenvalue weighted by Gasteiger charge is 2.20. The summed E-state index contributed by atoms with van der Waals surface area (Å²) < 4.78 is 26.0. The van der Waals surface area contributed by atoms with E-state index in [0.29, 0.717) is 12.5 Å². The Morgan fingerprint density at radius 2 is 2.08 bits per heavy atom. The lowest BCUT2D eigenvalue weighted by atomic mass is 10.1. The van der Waals surface area contributed by atoms with Gasteiger partial charge < -0.3 is 5.32 Å². The Morgan fingerprint density at radius 3 is 2.42 bits per heavy atom. The summed E-state index contributed by atoms with van der Waals surface area (Å²) in [6, 6.07) is 0. The van der Waals surface area contributed by atoms with Crippen molar-refractivity contribution < 1.29 is 8.42 Å². The van der Waals surface area contributed by atoms with Crippen LogP contribution in [0.3, 0.4) is 0 Å². The summed E-state index contributed by atoms with van der Waals surface area (Å²) in [5.74, 6) is 0.458. The molecule has 0 saturated carbocycles. The van der Waals surface area contributed by atoms with Gasteiger partial charge in [-0.1, -0.05) is 0 Å². The molecule has 0 radical (unpaired) electrons. The van der Waals surface area contributed by atoms with E-state index in [-0.39, 0.29) is 0 Å². The molecule has 5 nitrogen and oxygen atoms in total. The van der Waals surface area contributed by atoms with Crippen LogP contribution >= 0.6 is 0 Å². The third kappa shape index (κ3) is 2.41. The predicted molar refractivity (Wildman–Crippen MR) is 47.0 cm³/mol. The molecular formula is C6H15N3O2S. The van der Waals surface area contributed by atoms with E-state index in [1.54, 1.807) is 0 Å². The molecule has 6 heteroatoms. The quantitative estimate of drug-likeness (QED) is 0.577. The molecule has 2 N–H and O–H groups in total. The van der Waals surface area contributed by atoms with Crippen molar-refractivity contribution in [2.45, 2.75) is 0 Å². The molecule has 1 aliphatic heterocycles. The van der Waals surface area contributed by atoms with Crippen molar-refractivity contribution in [1.29, 1.82) is 0 Å². The van der Waals surface area contributed by atoms with Crippen molar-refractivity contribution in [2.24, 2.45) is 5.92 Å². The number of rotatable bonds is 4. The van der Waals surface area contributed by atoms with Crippen LogP contribution in [0.2, 0.25) is 0 Å². The maximum absolute atomic E-state index is 11.2. The number of hydrogen-bond donors (Lipinski definition) is 2. The zero-order valence-corrected chi connectivity index (χ0v) is 8.19. The largest absolute Gasteiger partial charge is 0.316 e. The van der Waals surface area contributed by atoms with Gasteiger partial charge in [-0.25, -0.2) is 4.72 Å². The van der Waals surface area contributed by atoms with Gasteiger partial charge in [0, 0.05) is 33.7 Å². The van der Waals surface area contributed by atoms with Gasteiger partial charge in [0.15, 0.2) is 0 Å². The molecule has 0 amide bonds. The van der Waals surface area contributed by atoms with Crippen molar-refractivity contribution in [2.75, 3.05) is 33.7 Å².